The number of benzene rings is 1. The van der Waals surface area contributed by atoms with Gasteiger partial charge in [0.1, 0.15) is 10.6 Å². The van der Waals surface area contributed by atoms with Crippen LogP contribution in [0.2, 0.25) is 0 Å². The Kier molecular flexibility index (Phi) is 7.77. The molecule has 2 fully saturated rings. The fourth-order valence-electron chi connectivity index (χ4n) is 4.20. The summed E-state index contributed by atoms with van der Waals surface area (Å²) in [5, 5.41) is 6.08. The Bertz CT molecular complexity index is 891. The number of hydrogen-bond donors (Lipinski definition) is 3. The average molecular weight is 453 g/mol. The summed E-state index contributed by atoms with van der Waals surface area (Å²) in [4.78, 5) is 26.8. The lowest BCUT2D eigenvalue weighted by Crippen LogP contribution is -2.51. The number of amides is 3. The molecule has 1 aliphatic carbocycles. The average Bonchev–Trinajstić information content (AvgIpc) is 2.79. The van der Waals surface area contributed by atoms with Crippen molar-refractivity contribution in [1.29, 1.82) is 0 Å². The number of sulfonamides is 1. The standard InChI is InChI=1S/C21H32N4O5S/c1-22-31(28,29)19-14-15(8-9-18(19)30-2)20(26)25-12-10-17(11-13-25)24-21(27)23-16-6-4-3-5-7-16/h8-9,14,16-17,22H,3-7,10-13H2,1-2H3,(H2,23,24,27). The van der Waals surface area contributed by atoms with E-state index in [1.165, 1.54) is 32.7 Å². The molecular weight excluding hydrogens is 420 g/mol. The van der Waals surface area contributed by atoms with E-state index in [-0.39, 0.29) is 40.2 Å². The van der Waals surface area contributed by atoms with Crippen molar-refractivity contribution in [2.75, 3.05) is 27.2 Å². The van der Waals surface area contributed by atoms with Gasteiger partial charge in [0.2, 0.25) is 10.0 Å². The van der Waals surface area contributed by atoms with Crippen LogP contribution in [-0.2, 0) is 10.0 Å². The van der Waals surface area contributed by atoms with Crippen molar-refractivity contribution < 1.29 is 22.7 Å². The lowest BCUT2D eigenvalue weighted by atomic mass is 9.96. The largest absolute Gasteiger partial charge is 0.495 e. The summed E-state index contributed by atoms with van der Waals surface area (Å²) >= 11 is 0. The molecule has 0 spiro atoms. The number of methoxy groups -OCH3 is 1. The van der Waals surface area contributed by atoms with E-state index in [4.69, 9.17) is 4.74 Å². The minimum atomic E-state index is -3.76. The fraction of sp³-hybridized carbons (Fsp3) is 0.619. The maximum atomic E-state index is 12.9. The van der Waals surface area contributed by atoms with Gasteiger partial charge in [-0.2, -0.15) is 0 Å². The second kappa shape index (κ2) is 10.3. The lowest BCUT2D eigenvalue weighted by molar-refractivity contribution is 0.0708. The molecule has 3 amide bonds. The fourth-order valence-corrected chi connectivity index (χ4v) is 5.12. The zero-order valence-electron chi connectivity index (χ0n) is 18.1. The van der Waals surface area contributed by atoms with Gasteiger partial charge in [0.25, 0.3) is 5.91 Å². The van der Waals surface area contributed by atoms with E-state index in [1.807, 2.05) is 0 Å². The molecule has 1 saturated heterocycles. The third-order valence-electron chi connectivity index (χ3n) is 6.03. The molecule has 1 aliphatic heterocycles. The van der Waals surface area contributed by atoms with Gasteiger partial charge in [-0.05, 0) is 50.9 Å². The van der Waals surface area contributed by atoms with Crippen LogP contribution in [0.1, 0.15) is 55.3 Å². The molecule has 0 aromatic heterocycles. The summed E-state index contributed by atoms with van der Waals surface area (Å²) < 4.78 is 31.9. The normalized spacial score (nSPS) is 18.5. The number of hydrogen-bond acceptors (Lipinski definition) is 5. The van der Waals surface area contributed by atoms with E-state index in [0.29, 0.717) is 25.9 Å². The highest BCUT2D eigenvalue weighted by atomic mass is 32.2. The summed E-state index contributed by atoms with van der Waals surface area (Å²) in [6, 6.07) is 4.54. The summed E-state index contributed by atoms with van der Waals surface area (Å²) in [6.07, 6.45) is 6.94. The molecular formula is C21H32N4O5S. The molecule has 31 heavy (non-hydrogen) atoms. The predicted octanol–water partition coefficient (Wildman–Crippen LogP) is 1.84. The van der Waals surface area contributed by atoms with Gasteiger partial charge >= 0.3 is 6.03 Å². The second-order valence-corrected chi connectivity index (χ2v) is 9.95. The Morgan fingerprint density at radius 3 is 2.19 bits per heavy atom. The number of nitrogens with one attached hydrogen (secondary N) is 3. The van der Waals surface area contributed by atoms with Crippen molar-refractivity contribution in [3.05, 3.63) is 23.8 Å². The molecule has 0 bridgehead atoms. The molecule has 0 atom stereocenters. The van der Waals surface area contributed by atoms with Gasteiger partial charge in [-0.25, -0.2) is 17.9 Å². The van der Waals surface area contributed by atoms with Crippen LogP contribution in [0.5, 0.6) is 5.75 Å². The number of carbonyl (C=O) groups is 2. The molecule has 2 aliphatic rings. The Morgan fingerprint density at radius 1 is 1.00 bits per heavy atom. The molecule has 3 rings (SSSR count). The lowest BCUT2D eigenvalue weighted by Gasteiger charge is -2.33. The van der Waals surface area contributed by atoms with Crippen LogP contribution in [0, 0.1) is 0 Å². The molecule has 0 radical (unpaired) electrons. The van der Waals surface area contributed by atoms with Gasteiger partial charge in [-0.15, -0.1) is 0 Å². The molecule has 1 saturated carbocycles. The minimum absolute atomic E-state index is 0.0174. The highest BCUT2D eigenvalue weighted by Crippen LogP contribution is 2.26. The van der Waals surface area contributed by atoms with E-state index >= 15 is 0 Å². The van der Waals surface area contributed by atoms with Crippen molar-refractivity contribution in [1.82, 2.24) is 20.3 Å². The molecule has 1 aromatic carbocycles. The maximum absolute atomic E-state index is 12.9. The molecule has 10 heteroatoms. The molecule has 3 N–H and O–H groups in total. The van der Waals surface area contributed by atoms with Crippen molar-refractivity contribution in [3.8, 4) is 5.75 Å². The van der Waals surface area contributed by atoms with Crippen LogP contribution < -0.4 is 20.1 Å². The maximum Gasteiger partial charge on any atom is 0.315 e. The molecule has 9 nitrogen and oxygen atoms in total. The van der Waals surface area contributed by atoms with E-state index in [9.17, 15) is 18.0 Å². The summed E-state index contributed by atoms with van der Waals surface area (Å²) in [5.41, 5.74) is 0.288. The van der Waals surface area contributed by atoms with Crippen molar-refractivity contribution in [2.24, 2.45) is 0 Å². The number of likely N-dealkylation sites (tertiary alicyclic amines) is 1. The molecule has 0 unspecified atom stereocenters. The monoisotopic (exact) mass is 452 g/mol. The first-order valence-corrected chi connectivity index (χ1v) is 12.3. The smallest absolute Gasteiger partial charge is 0.315 e. The first-order chi connectivity index (χ1) is 14.8. The summed E-state index contributed by atoms with van der Waals surface area (Å²) in [6.45, 7) is 0.987. The van der Waals surface area contributed by atoms with Crippen LogP contribution in [0.25, 0.3) is 0 Å². The summed E-state index contributed by atoms with van der Waals surface area (Å²) in [7, 11) is -1.07. The van der Waals surface area contributed by atoms with Crippen molar-refractivity contribution >= 4 is 22.0 Å². The number of nitrogens with zero attached hydrogens (tertiary/aromatic N) is 1. The van der Waals surface area contributed by atoms with Gasteiger partial charge in [0, 0.05) is 30.7 Å². The van der Waals surface area contributed by atoms with E-state index in [0.717, 1.165) is 25.7 Å². The van der Waals surface area contributed by atoms with Crippen molar-refractivity contribution in [2.45, 2.75) is 61.9 Å². The number of rotatable bonds is 6. The predicted molar refractivity (Wildman–Crippen MR) is 117 cm³/mol. The number of carbonyl (C=O) groups excluding carboxylic acids is 2. The van der Waals surface area contributed by atoms with Gasteiger partial charge in [-0.1, -0.05) is 19.3 Å². The first kappa shape index (κ1) is 23.3. The van der Waals surface area contributed by atoms with Gasteiger partial charge in [0.15, 0.2) is 0 Å². The Hall–Kier alpha value is -2.33. The molecule has 1 heterocycles. The second-order valence-electron chi connectivity index (χ2n) is 8.09. The zero-order valence-corrected chi connectivity index (χ0v) is 19.0. The van der Waals surface area contributed by atoms with Crippen LogP contribution in [-0.4, -0.2) is 64.6 Å². The Morgan fingerprint density at radius 2 is 1.61 bits per heavy atom. The Balaban J connectivity index is 1.56. The van der Waals surface area contributed by atoms with E-state index in [2.05, 4.69) is 15.4 Å². The van der Waals surface area contributed by atoms with Gasteiger partial charge < -0.3 is 20.3 Å². The molecule has 1 aromatic rings. The molecule has 172 valence electrons. The third-order valence-corrected chi connectivity index (χ3v) is 7.46. The highest BCUT2D eigenvalue weighted by Gasteiger charge is 2.27. The van der Waals surface area contributed by atoms with Crippen molar-refractivity contribution in [3.63, 3.8) is 0 Å². The number of ether oxygens (including phenoxy) is 1. The zero-order chi connectivity index (χ0) is 22.4. The van der Waals surface area contributed by atoms with Gasteiger partial charge in [0.05, 0.1) is 7.11 Å². The Labute approximate surface area is 184 Å². The third kappa shape index (κ3) is 5.88. The number of urea groups is 1. The minimum Gasteiger partial charge on any atom is -0.495 e. The highest BCUT2D eigenvalue weighted by molar-refractivity contribution is 7.89. The van der Waals surface area contributed by atoms with Gasteiger partial charge in [-0.3, -0.25) is 4.79 Å². The van der Waals surface area contributed by atoms with E-state index in [1.54, 1.807) is 11.0 Å². The van der Waals surface area contributed by atoms with Crippen LogP contribution in [0.15, 0.2) is 23.1 Å². The summed E-state index contributed by atoms with van der Waals surface area (Å²) in [5.74, 6) is -0.0573. The van der Waals surface area contributed by atoms with Crippen LogP contribution >= 0.6 is 0 Å². The first-order valence-electron chi connectivity index (χ1n) is 10.8. The van der Waals surface area contributed by atoms with Crippen LogP contribution in [0.4, 0.5) is 4.79 Å². The SMILES string of the molecule is CNS(=O)(=O)c1cc(C(=O)N2CCC(NC(=O)NC3CCCCC3)CC2)ccc1OC. The quantitative estimate of drug-likeness (QED) is 0.609. The number of piperidine rings is 1. The van der Waals surface area contributed by atoms with E-state index < -0.39 is 10.0 Å². The topological polar surface area (TPSA) is 117 Å². The van der Waals surface area contributed by atoms with Crippen LogP contribution in [0.3, 0.4) is 0 Å².